The second kappa shape index (κ2) is 37.8. The fourth-order valence-electron chi connectivity index (χ4n) is 5.32. The molecular weight excluding hydrogens is 711 g/mol. The van der Waals surface area contributed by atoms with Crippen molar-refractivity contribution in [2.75, 3.05) is 26.4 Å². The van der Waals surface area contributed by atoms with Gasteiger partial charge in [0.15, 0.2) is 6.10 Å². The van der Waals surface area contributed by atoms with Crippen molar-refractivity contribution in [1.82, 2.24) is 0 Å². The van der Waals surface area contributed by atoms with Crippen LogP contribution in [0.15, 0.2) is 48.6 Å². The number of phosphoric acid groups is 1. The first-order chi connectivity index (χ1) is 26.1. The highest BCUT2D eigenvalue weighted by atomic mass is 31.2. The minimum Gasteiger partial charge on any atom is -0.462 e. The Morgan fingerprint density at radius 3 is 1.76 bits per heavy atom. The maximum atomic E-state index is 12.6. The Balaban J connectivity index is 4.41. The van der Waals surface area contributed by atoms with E-state index in [9.17, 15) is 29.3 Å². The second-order valence-corrected chi connectivity index (χ2v) is 15.3. The standard InChI is InChI=1S/C42H75O11P/c1-3-5-7-8-9-10-11-12-13-14-15-18-21-24-28-32-41(46)50-36-40(37-52-54(48,49)51-35-39(45)34-43)53-42(47)33-29-25-22-19-16-17-20-23-27-31-38(44)30-26-6-4-2/h6,12-13,20,23,26-27,31,38-40,43-45H,3-5,7-11,14-19,21-22,24-25,28-30,32-37H2,1-2H3,(H,48,49)/b13-12-,23-20+,26-6+,31-27+/t38?,39-,40+/m0/s1. The molecule has 0 rings (SSSR count). The van der Waals surface area contributed by atoms with Gasteiger partial charge in [-0.3, -0.25) is 18.6 Å². The zero-order valence-corrected chi connectivity index (χ0v) is 34.4. The molecule has 0 bridgehead atoms. The molecule has 0 radical (unpaired) electrons. The number of allylic oxidation sites excluding steroid dienone is 6. The van der Waals surface area contributed by atoms with Crippen LogP contribution in [0.2, 0.25) is 0 Å². The Morgan fingerprint density at radius 1 is 0.630 bits per heavy atom. The maximum Gasteiger partial charge on any atom is 0.472 e. The molecule has 0 aromatic rings. The van der Waals surface area contributed by atoms with Crippen LogP contribution < -0.4 is 0 Å². The molecule has 2 unspecified atom stereocenters. The van der Waals surface area contributed by atoms with Crippen LogP contribution in [0.1, 0.15) is 162 Å². The third-order valence-electron chi connectivity index (χ3n) is 8.55. The van der Waals surface area contributed by atoms with Crippen molar-refractivity contribution < 1.29 is 52.9 Å². The van der Waals surface area contributed by atoms with Crippen molar-refractivity contribution in [1.29, 1.82) is 0 Å². The number of esters is 2. The lowest BCUT2D eigenvalue weighted by atomic mass is 10.1. The van der Waals surface area contributed by atoms with Crippen molar-refractivity contribution >= 4 is 19.8 Å². The molecule has 314 valence electrons. The summed E-state index contributed by atoms with van der Waals surface area (Å²) < 4.78 is 32.6. The van der Waals surface area contributed by atoms with Gasteiger partial charge >= 0.3 is 19.8 Å². The first-order valence-corrected chi connectivity index (χ1v) is 22.2. The van der Waals surface area contributed by atoms with Crippen molar-refractivity contribution in [2.24, 2.45) is 0 Å². The number of aliphatic hydroxyl groups excluding tert-OH is 3. The largest absolute Gasteiger partial charge is 0.472 e. The van der Waals surface area contributed by atoms with E-state index in [1.165, 1.54) is 38.5 Å². The van der Waals surface area contributed by atoms with Gasteiger partial charge in [-0.15, -0.1) is 0 Å². The van der Waals surface area contributed by atoms with Crippen LogP contribution in [0.25, 0.3) is 0 Å². The average Bonchev–Trinajstić information content (AvgIpc) is 3.15. The number of phosphoric ester groups is 1. The van der Waals surface area contributed by atoms with Crippen LogP contribution >= 0.6 is 7.82 Å². The van der Waals surface area contributed by atoms with E-state index in [1.54, 1.807) is 6.08 Å². The zero-order chi connectivity index (χ0) is 40.0. The van der Waals surface area contributed by atoms with Gasteiger partial charge in [-0.05, 0) is 64.2 Å². The number of unbranched alkanes of at least 4 members (excludes halogenated alkanes) is 16. The van der Waals surface area contributed by atoms with E-state index in [-0.39, 0.29) is 19.4 Å². The maximum absolute atomic E-state index is 12.6. The smallest absolute Gasteiger partial charge is 0.462 e. The lowest BCUT2D eigenvalue weighted by Crippen LogP contribution is -2.29. The molecule has 0 amide bonds. The number of hydrogen-bond donors (Lipinski definition) is 4. The Kier molecular flexibility index (Phi) is 36.3. The summed E-state index contributed by atoms with van der Waals surface area (Å²) in [6.07, 6.45) is 35.5. The number of rotatable bonds is 38. The van der Waals surface area contributed by atoms with Crippen LogP contribution in [0.4, 0.5) is 0 Å². The lowest BCUT2D eigenvalue weighted by Gasteiger charge is -2.20. The normalized spacial score (nSPS) is 15.0. The SMILES string of the molecule is CC/C=C/CC(O)/C=C/C=C/CCCCCCCC(=O)O[C@H](COC(=O)CCCCCCC/C=C\CCCCCCCC)COP(=O)(O)OC[C@@H](O)CO. The van der Waals surface area contributed by atoms with Crippen molar-refractivity contribution in [3.05, 3.63) is 48.6 Å². The fourth-order valence-corrected chi connectivity index (χ4v) is 6.11. The van der Waals surface area contributed by atoms with E-state index in [1.807, 2.05) is 24.3 Å². The molecule has 0 aromatic heterocycles. The minimum atomic E-state index is -4.64. The first kappa shape index (κ1) is 51.9. The van der Waals surface area contributed by atoms with Crippen LogP contribution in [0.5, 0.6) is 0 Å². The van der Waals surface area contributed by atoms with Gasteiger partial charge in [0.25, 0.3) is 0 Å². The van der Waals surface area contributed by atoms with Crippen LogP contribution in [-0.2, 0) is 32.7 Å². The molecule has 0 aromatic carbocycles. The van der Waals surface area contributed by atoms with E-state index < -0.39 is 57.9 Å². The molecule has 12 heteroatoms. The summed E-state index contributed by atoms with van der Waals surface area (Å²) in [7, 11) is -4.64. The quantitative estimate of drug-likeness (QED) is 0.0155. The van der Waals surface area contributed by atoms with E-state index in [2.05, 4.69) is 36.6 Å². The third-order valence-corrected chi connectivity index (χ3v) is 9.50. The molecule has 11 nitrogen and oxygen atoms in total. The summed E-state index contributed by atoms with van der Waals surface area (Å²) in [6, 6.07) is 0. The van der Waals surface area contributed by atoms with E-state index in [4.69, 9.17) is 19.1 Å². The predicted octanol–water partition coefficient (Wildman–Crippen LogP) is 9.53. The molecule has 0 saturated heterocycles. The molecule has 54 heavy (non-hydrogen) atoms. The molecule has 0 aliphatic heterocycles. The topological polar surface area (TPSA) is 169 Å². The molecule has 0 aliphatic carbocycles. The molecule has 0 aliphatic rings. The average molecular weight is 787 g/mol. The third kappa shape index (κ3) is 36.8. The van der Waals surface area contributed by atoms with Gasteiger partial charge < -0.3 is 29.7 Å². The molecule has 4 atom stereocenters. The predicted molar refractivity (Wildman–Crippen MR) is 216 cm³/mol. The van der Waals surface area contributed by atoms with E-state index >= 15 is 0 Å². The summed E-state index contributed by atoms with van der Waals surface area (Å²) >= 11 is 0. The number of aliphatic hydroxyl groups is 3. The van der Waals surface area contributed by atoms with Crippen molar-refractivity contribution in [3.63, 3.8) is 0 Å². The van der Waals surface area contributed by atoms with Gasteiger partial charge in [0.1, 0.15) is 12.7 Å². The van der Waals surface area contributed by atoms with Gasteiger partial charge in [0.2, 0.25) is 0 Å². The zero-order valence-electron chi connectivity index (χ0n) is 33.5. The molecule has 0 saturated carbocycles. The highest BCUT2D eigenvalue weighted by Crippen LogP contribution is 2.43. The summed E-state index contributed by atoms with van der Waals surface area (Å²) in [6.45, 7) is 2.10. The van der Waals surface area contributed by atoms with E-state index in [0.29, 0.717) is 19.3 Å². The Bertz CT molecular complexity index is 1060. The van der Waals surface area contributed by atoms with Crippen molar-refractivity contribution in [3.8, 4) is 0 Å². The van der Waals surface area contributed by atoms with Crippen molar-refractivity contribution in [2.45, 2.75) is 180 Å². The monoisotopic (exact) mass is 787 g/mol. The molecular formula is C42H75O11P. The lowest BCUT2D eigenvalue weighted by molar-refractivity contribution is -0.161. The summed E-state index contributed by atoms with van der Waals surface area (Å²) in [5.74, 6) is -0.991. The molecule has 4 N–H and O–H groups in total. The number of ether oxygens (including phenoxy) is 2. The number of hydrogen-bond acceptors (Lipinski definition) is 10. The summed E-state index contributed by atoms with van der Waals surface area (Å²) in [5, 5.41) is 28.2. The number of carbonyl (C=O) groups excluding carboxylic acids is 2. The van der Waals surface area contributed by atoms with Crippen LogP contribution in [0.3, 0.4) is 0 Å². The van der Waals surface area contributed by atoms with Gasteiger partial charge in [-0.1, -0.05) is 133 Å². The second-order valence-electron chi connectivity index (χ2n) is 13.8. The van der Waals surface area contributed by atoms with Gasteiger partial charge in [0.05, 0.1) is 25.9 Å². The summed E-state index contributed by atoms with van der Waals surface area (Å²) in [5.41, 5.74) is 0. The Hall–Kier alpha value is -2.11. The van der Waals surface area contributed by atoms with E-state index in [0.717, 1.165) is 77.0 Å². The first-order valence-electron chi connectivity index (χ1n) is 20.7. The fraction of sp³-hybridized carbons (Fsp3) is 0.762. The Labute approximate surface area is 326 Å². The number of carbonyl (C=O) groups is 2. The molecule has 0 fully saturated rings. The summed E-state index contributed by atoms with van der Waals surface area (Å²) in [4.78, 5) is 34.9. The minimum absolute atomic E-state index is 0.135. The Morgan fingerprint density at radius 2 is 1.17 bits per heavy atom. The highest BCUT2D eigenvalue weighted by Gasteiger charge is 2.27. The molecule has 0 spiro atoms. The van der Waals surface area contributed by atoms with Crippen LogP contribution in [-0.4, -0.2) is 76.9 Å². The van der Waals surface area contributed by atoms with Gasteiger partial charge in [-0.2, -0.15) is 0 Å². The van der Waals surface area contributed by atoms with Crippen LogP contribution in [0, 0.1) is 0 Å². The highest BCUT2D eigenvalue weighted by molar-refractivity contribution is 7.47. The molecule has 0 heterocycles. The van der Waals surface area contributed by atoms with Gasteiger partial charge in [0, 0.05) is 12.8 Å². The van der Waals surface area contributed by atoms with Gasteiger partial charge in [-0.25, -0.2) is 4.57 Å².